The van der Waals surface area contributed by atoms with Crippen molar-refractivity contribution >= 4 is 40.1 Å². The van der Waals surface area contributed by atoms with Gasteiger partial charge in [-0.25, -0.2) is 5.26 Å². The minimum atomic E-state index is -4.83. The van der Waals surface area contributed by atoms with Gasteiger partial charge in [-0.05, 0) is 37.1 Å². The number of aromatic hydroxyl groups is 1. The quantitative estimate of drug-likeness (QED) is 0.134. The Balaban J connectivity index is 2.62. The Hall–Kier alpha value is -2.75. The number of pyridine rings is 1. The lowest BCUT2D eigenvalue weighted by atomic mass is 10.0. The van der Waals surface area contributed by atoms with Crippen molar-refractivity contribution in [3.8, 4) is 5.88 Å². The Kier molecular flexibility index (Phi) is 7.25. The SMILES string of the molecule is CC1=C(SOOO)C(=O)N(C)C(=O)C1=CC=Cc1c(C)c(S(=O)(=O)O)c(O)n(C)c1=O. The lowest BCUT2D eigenvalue weighted by molar-refractivity contribution is -0.431. The molecule has 0 atom stereocenters. The summed E-state index contributed by atoms with van der Waals surface area (Å²) in [6, 6.07) is 0. The average Bonchev–Trinajstić information content (AvgIpc) is 2.68. The first kappa shape index (κ1) is 24.5. The third-order valence-electron chi connectivity index (χ3n) is 4.51. The van der Waals surface area contributed by atoms with Crippen LogP contribution in [-0.4, -0.2) is 51.7 Å². The van der Waals surface area contributed by atoms with Gasteiger partial charge in [-0.3, -0.25) is 28.4 Å². The zero-order valence-corrected chi connectivity index (χ0v) is 18.3. The summed E-state index contributed by atoms with van der Waals surface area (Å²) in [5, 5.41) is 21.7. The van der Waals surface area contributed by atoms with E-state index in [2.05, 4.69) is 9.37 Å². The number of allylic oxidation sites excluding steroid dienone is 2. The lowest BCUT2D eigenvalue weighted by Gasteiger charge is -2.25. The number of hydrogen-bond acceptors (Lipinski definition) is 10. The number of imide groups is 1. The van der Waals surface area contributed by atoms with Crippen molar-refractivity contribution in [2.45, 2.75) is 18.7 Å². The van der Waals surface area contributed by atoms with Gasteiger partial charge in [-0.1, -0.05) is 11.1 Å². The van der Waals surface area contributed by atoms with Crippen molar-refractivity contribution in [1.82, 2.24) is 9.47 Å². The fourth-order valence-electron chi connectivity index (χ4n) is 2.84. The first-order valence-electron chi connectivity index (χ1n) is 8.31. The highest BCUT2D eigenvalue weighted by atomic mass is 32.2. The molecule has 1 aliphatic heterocycles. The van der Waals surface area contributed by atoms with Crippen molar-refractivity contribution in [2.75, 3.05) is 7.05 Å². The van der Waals surface area contributed by atoms with Gasteiger partial charge in [0.25, 0.3) is 27.5 Å². The van der Waals surface area contributed by atoms with Gasteiger partial charge in [-0.2, -0.15) is 8.42 Å². The molecule has 1 aromatic heterocycles. The minimum Gasteiger partial charge on any atom is -0.493 e. The summed E-state index contributed by atoms with van der Waals surface area (Å²) in [4.78, 5) is 37.0. The van der Waals surface area contributed by atoms with Crippen LogP contribution in [0.3, 0.4) is 0 Å². The largest absolute Gasteiger partial charge is 0.493 e. The number of nitrogens with zero attached hydrogens (tertiary/aromatic N) is 2. The van der Waals surface area contributed by atoms with Gasteiger partial charge < -0.3 is 5.11 Å². The van der Waals surface area contributed by atoms with Gasteiger partial charge in [0.1, 0.15) is 4.91 Å². The Bertz CT molecular complexity index is 1210. The summed E-state index contributed by atoms with van der Waals surface area (Å²) in [6.07, 6.45) is 3.73. The molecule has 0 saturated heterocycles. The molecule has 2 rings (SSSR count). The molecule has 2 heterocycles. The Morgan fingerprint density at radius 2 is 1.71 bits per heavy atom. The van der Waals surface area contributed by atoms with Crippen LogP contribution in [-0.2, 0) is 36.1 Å². The number of rotatable bonds is 6. The molecule has 0 bridgehead atoms. The molecule has 0 aliphatic carbocycles. The van der Waals surface area contributed by atoms with E-state index >= 15 is 0 Å². The first-order chi connectivity index (χ1) is 14.3. The molecular formula is C17H18N2O10S2. The van der Waals surface area contributed by atoms with E-state index in [1.165, 1.54) is 39.1 Å². The van der Waals surface area contributed by atoms with Crippen molar-refractivity contribution in [3.05, 3.63) is 49.7 Å². The topological polar surface area (TPSA) is 173 Å². The number of carbonyl (C=O) groups is 2. The van der Waals surface area contributed by atoms with Crippen LogP contribution >= 0.6 is 12.0 Å². The van der Waals surface area contributed by atoms with Gasteiger partial charge in [0.15, 0.2) is 4.90 Å². The molecule has 0 radical (unpaired) electrons. The molecule has 0 unspecified atom stereocenters. The molecule has 12 nitrogen and oxygen atoms in total. The third kappa shape index (κ3) is 4.63. The maximum Gasteiger partial charge on any atom is 0.300 e. The summed E-state index contributed by atoms with van der Waals surface area (Å²) in [6.45, 7) is 2.67. The molecule has 0 fully saturated rings. The Labute approximate surface area is 180 Å². The summed E-state index contributed by atoms with van der Waals surface area (Å²) in [5.41, 5.74) is -0.863. The average molecular weight is 474 g/mol. The predicted octanol–water partition coefficient (Wildman–Crippen LogP) is 0.928. The number of carbonyl (C=O) groups excluding carboxylic acids is 2. The molecule has 31 heavy (non-hydrogen) atoms. The van der Waals surface area contributed by atoms with Gasteiger partial charge in [0.2, 0.25) is 5.88 Å². The fourth-order valence-corrected chi connectivity index (χ4v) is 4.24. The van der Waals surface area contributed by atoms with Crippen molar-refractivity contribution in [2.24, 2.45) is 7.05 Å². The molecule has 1 aliphatic rings. The highest BCUT2D eigenvalue weighted by Crippen LogP contribution is 2.32. The maximum absolute atomic E-state index is 12.5. The Morgan fingerprint density at radius 3 is 2.26 bits per heavy atom. The molecule has 14 heteroatoms. The second-order valence-electron chi connectivity index (χ2n) is 6.32. The van der Waals surface area contributed by atoms with E-state index in [9.17, 15) is 32.5 Å². The first-order valence-corrected chi connectivity index (χ1v) is 10.5. The molecule has 0 saturated carbocycles. The summed E-state index contributed by atoms with van der Waals surface area (Å²) < 4.78 is 37.5. The molecule has 1 aromatic rings. The number of aromatic nitrogens is 1. The van der Waals surface area contributed by atoms with Crippen LogP contribution in [0.1, 0.15) is 18.1 Å². The van der Waals surface area contributed by atoms with E-state index in [1.807, 2.05) is 0 Å². The molecule has 3 N–H and O–H groups in total. The van der Waals surface area contributed by atoms with Crippen LogP contribution in [0.2, 0.25) is 0 Å². The van der Waals surface area contributed by atoms with Crippen LogP contribution in [0.15, 0.2) is 37.9 Å². The van der Waals surface area contributed by atoms with E-state index < -0.39 is 38.3 Å². The van der Waals surface area contributed by atoms with Gasteiger partial charge in [-0.15, -0.1) is 4.33 Å². The molecule has 2 amide bonds. The van der Waals surface area contributed by atoms with E-state index in [1.54, 1.807) is 0 Å². The Morgan fingerprint density at radius 1 is 1.10 bits per heavy atom. The van der Waals surface area contributed by atoms with Crippen molar-refractivity contribution in [1.29, 1.82) is 0 Å². The van der Waals surface area contributed by atoms with E-state index in [4.69, 9.17) is 5.26 Å². The van der Waals surface area contributed by atoms with E-state index in [0.717, 1.165) is 11.9 Å². The van der Waals surface area contributed by atoms with Gasteiger partial charge in [0, 0.05) is 25.2 Å². The molecular weight excluding hydrogens is 456 g/mol. The van der Waals surface area contributed by atoms with Gasteiger partial charge >= 0.3 is 0 Å². The summed E-state index contributed by atoms with van der Waals surface area (Å²) in [7, 11) is -2.49. The number of likely N-dealkylation sites (N-methyl/N-ethyl adjacent to an activating group) is 1. The standard InChI is InChI=1S/C17H18N2O10S2/c1-8-10(14(20)18(3)16(22)12(8)30-29-28-24)6-5-7-11-9(2)13(31(25,26)27)17(23)19(4)15(11)21/h5-7,23-24H,1-4H3,(H,25,26,27). The van der Waals surface area contributed by atoms with Crippen molar-refractivity contribution in [3.63, 3.8) is 0 Å². The summed E-state index contributed by atoms with van der Waals surface area (Å²) >= 11 is 0.390. The summed E-state index contributed by atoms with van der Waals surface area (Å²) in [5.74, 6) is -2.27. The van der Waals surface area contributed by atoms with Crippen LogP contribution in [0.5, 0.6) is 5.88 Å². The smallest absolute Gasteiger partial charge is 0.300 e. The lowest BCUT2D eigenvalue weighted by Crippen LogP contribution is -2.39. The highest BCUT2D eigenvalue weighted by molar-refractivity contribution is 7.99. The van der Waals surface area contributed by atoms with Crippen LogP contribution < -0.4 is 5.56 Å². The number of hydrogen-bond donors (Lipinski definition) is 3. The van der Waals surface area contributed by atoms with E-state index in [-0.39, 0.29) is 27.2 Å². The zero-order valence-electron chi connectivity index (χ0n) is 16.6. The zero-order chi connectivity index (χ0) is 23.7. The number of amides is 2. The minimum absolute atomic E-state index is 0.0406. The van der Waals surface area contributed by atoms with E-state index in [0.29, 0.717) is 16.6 Å². The van der Waals surface area contributed by atoms with Gasteiger partial charge in [0.05, 0.1) is 12.0 Å². The van der Waals surface area contributed by atoms with Crippen LogP contribution in [0.25, 0.3) is 6.08 Å². The normalized spacial score (nSPS) is 16.8. The monoisotopic (exact) mass is 474 g/mol. The van der Waals surface area contributed by atoms with Crippen LogP contribution in [0.4, 0.5) is 0 Å². The second-order valence-corrected chi connectivity index (χ2v) is 8.39. The predicted molar refractivity (Wildman–Crippen MR) is 108 cm³/mol. The molecule has 0 aromatic carbocycles. The fraction of sp³-hybridized carbons (Fsp3) is 0.235. The third-order valence-corrected chi connectivity index (χ3v) is 6.29. The van der Waals surface area contributed by atoms with Crippen LogP contribution in [0, 0.1) is 6.92 Å². The molecule has 0 spiro atoms. The second kappa shape index (κ2) is 9.17. The molecule has 168 valence electrons. The van der Waals surface area contributed by atoms with Crippen molar-refractivity contribution < 1.29 is 42.3 Å². The maximum atomic E-state index is 12.5. The highest BCUT2D eigenvalue weighted by Gasteiger charge is 2.33.